The Morgan fingerprint density at radius 1 is 0.909 bits per heavy atom. The molecule has 2 fully saturated rings. The summed E-state index contributed by atoms with van der Waals surface area (Å²) < 4.78 is 5.75. The van der Waals surface area contributed by atoms with Crippen LogP contribution in [0.5, 0.6) is 0 Å². The summed E-state index contributed by atoms with van der Waals surface area (Å²) in [6.45, 7) is 24.6. The van der Waals surface area contributed by atoms with Gasteiger partial charge in [0.2, 0.25) is 0 Å². The number of ether oxygens (including phenoxy) is 1. The fourth-order valence-electron chi connectivity index (χ4n) is 3.86. The van der Waals surface area contributed by atoms with Gasteiger partial charge in [-0.05, 0) is 41.5 Å². The Balaban J connectivity index is 1.85. The summed E-state index contributed by atoms with van der Waals surface area (Å²) in [6, 6.07) is 0. The van der Waals surface area contributed by atoms with Crippen LogP contribution in [-0.4, -0.2) is 60.5 Å². The molecule has 22 heavy (non-hydrogen) atoms. The maximum Gasteiger partial charge on any atom is 0.0982 e. The van der Waals surface area contributed by atoms with Crippen molar-refractivity contribution in [2.75, 3.05) is 39.6 Å². The molecule has 0 radical (unpaired) electrons. The summed E-state index contributed by atoms with van der Waals surface area (Å²) in [5.74, 6) is 0. The van der Waals surface area contributed by atoms with Gasteiger partial charge in [0.1, 0.15) is 0 Å². The van der Waals surface area contributed by atoms with E-state index in [0.29, 0.717) is 17.6 Å². The summed E-state index contributed by atoms with van der Waals surface area (Å²) in [7, 11) is 0. The van der Waals surface area contributed by atoms with Crippen LogP contribution in [0.3, 0.4) is 0 Å². The van der Waals surface area contributed by atoms with Crippen LogP contribution in [0.4, 0.5) is 0 Å². The van der Waals surface area contributed by atoms with E-state index in [1.807, 2.05) is 0 Å². The van der Waals surface area contributed by atoms with Crippen molar-refractivity contribution in [2.45, 2.75) is 66.5 Å². The van der Waals surface area contributed by atoms with Crippen LogP contribution in [-0.2, 0) is 4.74 Å². The number of rotatable bonds is 4. The molecule has 0 spiro atoms. The maximum atomic E-state index is 5.75. The Labute approximate surface area is 137 Å². The Bertz CT molecular complexity index is 378. The van der Waals surface area contributed by atoms with Crippen LogP contribution in [0.25, 0.3) is 0 Å². The quantitative estimate of drug-likeness (QED) is 0.638. The van der Waals surface area contributed by atoms with Gasteiger partial charge in [-0.25, -0.2) is 0 Å². The molecule has 2 heterocycles. The van der Waals surface area contributed by atoms with E-state index in [4.69, 9.17) is 4.74 Å². The van der Waals surface area contributed by atoms with Crippen molar-refractivity contribution in [1.82, 2.24) is 15.1 Å². The maximum absolute atomic E-state index is 5.75. The van der Waals surface area contributed by atoms with Gasteiger partial charge < -0.3 is 4.74 Å². The van der Waals surface area contributed by atoms with Gasteiger partial charge in [-0.2, -0.15) is 0 Å². The fraction of sp³-hybridized carbons (Fsp3) is 1.00. The van der Waals surface area contributed by atoms with Crippen molar-refractivity contribution in [1.29, 1.82) is 0 Å². The Morgan fingerprint density at radius 3 is 1.82 bits per heavy atom. The molecule has 2 saturated heterocycles. The van der Waals surface area contributed by atoms with E-state index in [1.54, 1.807) is 0 Å². The minimum absolute atomic E-state index is 0.0698. The summed E-state index contributed by atoms with van der Waals surface area (Å²) in [5, 5.41) is 3.44. The van der Waals surface area contributed by atoms with Crippen molar-refractivity contribution in [2.24, 2.45) is 10.8 Å². The first-order valence-corrected chi connectivity index (χ1v) is 8.67. The molecule has 0 aromatic heterocycles. The van der Waals surface area contributed by atoms with Crippen molar-refractivity contribution in [3.63, 3.8) is 0 Å². The lowest BCUT2D eigenvalue weighted by Crippen LogP contribution is -2.44. The molecule has 2 rings (SSSR count). The highest BCUT2D eigenvalue weighted by Gasteiger charge is 2.58. The van der Waals surface area contributed by atoms with Crippen LogP contribution < -0.4 is 5.32 Å². The zero-order valence-electron chi connectivity index (χ0n) is 16.0. The van der Waals surface area contributed by atoms with Gasteiger partial charge in [0.05, 0.1) is 12.3 Å². The van der Waals surface area contributed by atoms with E-state index in [1.165, 1.54) is 26.2 Å². The van der Waals surface area contributed by atoms with Gasteiger partial charge in [0.25, 0.3) is 0 Å². The van der Waals surface area contributed by atoms with Crippen molar-refractivity contribution < 1.29 is 4.74 Å². The van der Waals surface area contributed by atoms with Gasteiger partial charge in [-0.3, -0.25) is 15.1 Å². The number of nitrogens with one attached hydrogen (secondary N) is 1. The minimum atomic E-state index is -0.0698. The lowest BCUT2D eigenvalue weighted by Gasteiger charge is -2.34. The lowest BCUT2D eigenvalue weighted by atomic mass is 9.71. The molecule has 0 saturated carbocycles. The molecule has 2 atom stereocenters. The molecule has 0 aliphatic carbocycles. The molecule has 4 nitrogen and oxygen atoms in total. The largest absolute Gasteiger partial charge is 0.361 e. The summed E-state index contributed by atoms with van der Waals surface area (Å²) in [6.07, 6.45) is 0. The molecule has 2 aliphatic heterocycles. The minimum Gasteiger partial charge on any atom is -0.361 e. The topological polar surface area (TPSA) is 27.7 Å². The Hall–Kier alpha value is -0.160. The predicted octanol–water partition coefficient (Wildman–Crippen LogP) is 2.75. The standard InChI is InChI=1S/C18H37N3O/c1-15(2,3)21-11-17(7)9-20(10-18(17,8)12-21)13-19-14-22-16(4,5)6/h19H,9-14H2,1-8H3/t17-,18+. The fourth-order valence-corrected chi connectivity index (χ4v) is 3.86. The molecule has 130 valence electrons. The van der Waals surface area contributed by atoms with Gasteiger partial charge in [0.15, 0.2) is 0 Å². The zero-order valence-corrected chi connectivity index (χ0v) is 16.0. The third-order valence-corrected chi connectivity index (χ3v) is 5.57. The molecule has 4 heteroatoms. The number of hydrogen-bond acceptors (Lipinski definition) is 4. The average molecular weight is 312 g/mol. The van der Waals surface area contributed by atoms with E-state index in [2.05, 4.69) is 70.5 Å². The van der Waals surface area contributed by atoms with E-state index < -0.39 is 0 Å². The lowest BCUT2D eigenvalue weighted by molar-refractivity contribution is -0.0180. The number of fused-ring (bicyclic) bond motifs is 1. The van der Waals surface area contributed by atoms with E-state index >= 15 is 0 Å². The second-order valence-corrected chi connectivity index (χ2v) is 9.94. The van der Waals surface area contributed by atoms with Crippen LogP contribution in [0, 0.1) is 10.8 Å². The summed E-state index contributed by atoms with van der Waals surface area (Å²) >= 11 is 0. The number of nitrogens with zero attached hydrogens (tertiary/aromatic N) is 2. The molecule has 1 N–H and O–H groups in total. The van der Waals surface area contributed by atoms with E-state index in [9.17, 15) is 0 Å². The highest BCUT2D eigenvalue weighted by molar-refractivity contribution is 5.11. The van der Waals surface area contributed by atoms with E-state index in [0.717, 1.165) is 6.67 Å². The Morgan fingerprint density at radius 2 is 1.41 bits per heavy atom. The molecule has 0 amide bonds. The van der Waals surface area contributed by atoms with Gasteiger partial charge in [-0.15, -0.1) is 0 Å². The normalized spacial score (nSPS) is 34.4. The highest BCUT2D eigenvalue weighted by atomic mass is 16.5. The molecule has 0 unspecified atom stereocenters. The smallest absolute Gasteiger partial charge is 0.0982 e. The van der Waals surface area contributed by atoms with Gasteiger partial charge in [-0.1, -0.05) is 13.8 Å². The third-order valence-electron chi connectivity index (χ3n) is 5.57. The van der Waals surface area contributed by atoms with Gasteiger partial charge in [0, 0.05) is 49.2 Å². The number of hydrogen-bond donors (Lipinski definition) is 1. The first-order valence-electron chi connectivity index (χ1n) is 8.67. The number of likely N-dealkylation sites (tertiary alicyclic amines) is 2. The van der Waals surface area contributed by atoms with Crippen molar-refractivity contribution in [3.8, 4) is 0 Å². The highest BCUT2D eigenvalue weighted by Crippen LogP contribution is 2.52. The monoisotopic (exact) mass is 311 g/mol. The molecule has 2 aliphatic rings. The molecular weight excluding hydrogens is 274 g/mol. The summed E-state index contributed by atoms with van der Waals surface area (Å²) in [4.78, 5) is 5.23. The summed E-state index contributed by atoms with van der Waals surface area (Å²) in [5.41, 5.74) is 0.999. The first kappa shape index (κ1) is 18.2. The third kappa shape index (κ3) is 3.84. The average Bonchev–Trinajstić information content (AvgIpc) is 2.67. The van der Waals surface area contributed by atoms with Gasteiger partial charge >= 0.3 is 0 Å². The predicted molar refractivity (Wildman–Crippen MR) is 92.8 cm³/mol. The zero-order chi connectivity index (χ0) is 16.8. The second-order valence-electron chi connectivity index (χ2n) is 9.94. The van der Waals surface area contributed by atoms with Crippen molar-refractivity contribution in [3.05, 3.63) is 0 Å². The molecule has 0 bridgehead atoms. The Kier molecular flexibility index (Phi) is 4.73. The van der Waals surface area contributed by atoms with E-state index in [-0.39, 0.29) is 11.1 Å². The van der Waals surface area contributed by atoms with Crippen LogP contribution >= 0.6 is 0 Å². The SMILES string of the molecule is CC(C)(C)OCNCN1C[C@@]2(C)CN(C(C)(C)C)C[C@@]2(C)C1. The second kappa shape index (κ2) is 5.73. The molecular formula is C18H37N3O. The molecule has 0 aromatic carbocycles. The first-order chi connectivity index (χ1) is 9.85. The van der Waals surface area contributed by atoms with Crippen LogP contribution in [0.15, 0.2) is 0 Å². The van der Waals surface area contributed by atoms with Crippen LogP contribution in [0.2, 0.25) is 0 Å². The van der Waals surface area contributed by atoms with Crippen molar-refractivity contribution >= 4 is 0 Å². The van der Waals surface area contributed by atoms with Crippen LogP contribution in [0.1, 0.15) is 55.4 Å². The molecule has 0 aromatic rings.